The molecule has 0 aliphatic carbocycles. The molecule has 0 atom stereocenters. The highest BCUT2D eigenvalue weighted by atomic mass is 32.1. The van der Waals surface area contributed by atoms with Gasteiger partial charge in [-0.05, 0) is 0 Å². The smallest absolute Gasteiger partial charge is 0.428 e. The lowest BCUT2D eigenvalue weighted by molar-refractivity contribution is -0.135. The second-order valence-corrected chi connectivity index (χ2v) is 3.49. The highest BCUT2D eigenvalue weighted by molar-refractivity contribution is 7.14. The summed E-state index contributed by atoms with van der Waals surface area (Å²) >= 11 is -0.0640. The van der Waals surface area contributed by atoms with E-state index in [-0.39, 0.29) is 11.3 Å². The topological polar surface area (TPSA) is 76.5 Å². The molecule has 0 bridgehead atoms. The van der Waals surface area contributed by atoms with E-state index >= 15 is 0 Å². The van der Waals surface area contributed by atoms with Crippen LogP contribution in [0.4, 0.5) is 13.2 Å². The van der Waals surface area contributed by atoms with Crippen LogP contribution in [-0.2, 0) is 10.9 Å². The van der Waals surface area contributed by atoms with Gasteiger partial charge >= 0.3 is 18.1 Å². The number of aromatic nitrogens is 1. The van der Waals surface area contributed by atoms with Crippen LogP contribution in [0.25, 0.3) is 0 Å². The molecule has 0 saturated heterocycles. The average Bonchev–Trinajstić information content (AvgIpc) is 2.60. The number of carbonyl (C=O) groups excluding carboxylic acids is 1. The number of aromatic carboxylic acids is 1. The number of halogens is 3. The molecular formula is C7H4F3NO4S. The van der Waals surface area contributed by atoms with Crippen LogP contribution in [0.2, 0.25) is 0 Å². The van der Waals surface area contributed by atoms with E-state index in [1.807, 2.05) is 0 Å². The predicted octanol–water partition coefficient (Wildman–Crippen LogP) is 1.65. The van der Waals surface area contributed by atoms with Gasteiger partial charge in [0.15, 0.2) is 5.69 Å². The van der Waals surface area contributed by atoms with Crippen LogP contribution >= 0.6 is 11.3 Å². The Kier molecular flexibility index (Phi) is 3.17. The fourth-order valence-electron chi connectivity index (χ4n) is 0.832. The van der Waals surface area contributed by atoms with Gasteiger partial charge in [0.2, 0.25) is 5.01 Å². The molecule has 0 amide bonds. The molecule has 88 valence electrons. The summed E-state index contributed by atoms with van der Waals surface area (Å²) in [5, 5.41) is 7.84. The van der Waals surface area contributed by atoms with Gasteiger partial charge in [0.1, 0.15) is 4.88 Å². The zero-order valence-corrected chi connectivity index (χ0v) is 8.48. The van der Waals surface area contributed by atoms with Crippen molar-refractivity contribution in [2.75, 3.05) is 7.11 Å². The van der Waals surface area contributed by atoms with Crippen molar-refractivity contribution in [3.05, 3.63) is 15.6 Å². The number of nitrogens with zero attached hydrogens (tertiary/aromatic N) is 1. The van der Waals surface area contributed by atoms with Crippen LogP contribution in [0.1, 0.15) is 25.2 Å². The first-order valence-corrected chi connectivity index (χ1v) is 4.48. The molecule has 5 nitrogen and oxygen atoms in total. The first kappa shape index (κ1) is 12.4. The maximum Gasteiger partial charge on any atom is 0.428 e. The van der Waals surface area contributed by atoms with Crippen molar-refractivity contribution in [3.8, 4) is 0 Å². The monoisotopic (exact) mass is 255 g/mol. The molecule has 0 radical (unpaired) electrons. The van der Waals surface area contributed by atoms with E-state index in [2.05, 4.69) is 9.72 Å². The predicted molar refractivity (Wildman–Crippen MR) is 45.4 cm³/mol. The van der Waals surface area contributed by atoms with E-state index in [0.29, 0.717) is 0 Å². The minimum absolute atomic E-state index is 0.0640. The second kappa shape index (κ2) is 4.08. The number of carboxylic acids is 1. The number of rotatable bonds is 2. The molecule has 0 saturated carbocycles. The molecule has 1 N–H and O–H groups in total. The first-order valence-electron chi connectivity index (χ1n) is 3.67. The first-order chi connectivity index (χ1) is 7.27. The quantitative estimate of drug-likeness (QED) is 0.813. The van der Waals surface area contributed by atoms with Crippen LogP contribution in [0.3, 0.4) is 0 Å². The molecule has 0 spiro atoms. The molecule has 0 unspecified atom stereocenters. The number of methoxy groups -OCH3 is 1. The minimum Gasteiger partial charge on any atom is -0.476 e. The number of carbonyl (C=O) groups is 2. The maximum atomic E-state index is 12.3. The number of esters is 1. The van der Waals surface area contributed by atoms with Crippen molar-refractivity contribution >= 4 is 23.3 Å². The Hall–Kier alpha value is -1.64. The third kappa shape index (κ3) is 2.30. The van der Waals surface area contributed by atoms with Gasteiger partial charge in [-0.15, -0.1) is 11.3 Å². The third-order valence-electron chi connectivity index (χ3n) is 1.45. The average molecular weight is 255 g/mol. The summed E-state index contributed by atoms with van der Waals surface area (Å²) in [7, 11) is 0.956. The maximum absolute atomic E-state index is 12.3. The van der Waals surface area contributed by atoms with Gasteiger partial charge in [-0.1, -0.05) is 0 Å². The molecule has 16 heavy (non-hydrogen) atoms. The van der Waals surface area contributed by atoms with Crippen molar-refractivity contribution in [2.45, 2.75) is 6.18 Å². The summed E-state index contributed by atoms with van der Waals surface area (Å²) in [4.78, 5) is 23.0. The lowest BCUT2D eigenvalue weighted by Crippen LogP contribution is -2.10. The Morgan fingerprint density at radius 1 is 1.44 bits per heavy atom. The van der Waals surface area contributed by atoms with Crippen LogP contribution in [-0.4, -0.2) is 29.1 Å². The molecule has 1 aromatic heterocycles. The Bertz CT molecular complexity index is 439. The van der Waals surface area contributed by atoms with E-state index < -0.39 is 33.7 Å². The fraction of sp³-hybridized carbons (Fsp3) is 0.286. The number of alkyl halides is 3. The van der Waals surface area contributed by atoms with E-state index in [0.717, 1.165) is 7.11 Å². The van der Waals surface area contributed by atoms with Crippen molar-refractivity contribution in [3.63, 3.8) is 0 Å². The van der Waals surface area contributed by atoms with Gasteiger partial charge in [0.05, 0.1) is 7.11 Å². The summed E-state index contributed by atoms with van der Waals surface area (Å²) < 4.78 is 41.2. The Morgan fingerprint density at radius 3 is 2.31 bits per heavy atom. The Morgan fingerprint density at radius 2 is 2.00 bits per heavy atom. The van der Waals surface area contributed by atoms with Crippen molar-refractivity contribution in [1.82, 2.24) is 4.98 Å². The van der Waals surface area contributed by atoms with E-state index in [9.17, 15) is 22.8 Å². The number of hydrogen-bond acceptors (Lipinski definition) is 5. The van der Waals surface area contributed by atoms with Crippen LogP contribution in [0.15, 0.2) is 0 Å². The van der Waals surface area contributed by atoms with Gasteiger partial charge in [0, 0.05) is 0 Å². The molecule has 1 aromatic rings. The number of carboxylic acid groups (broad SMARTS) is 1. The van der Waals surface area contributed by atoms with Gasteiger partial charge in [0.25, 0.3) is 0 Å². The molecule has 0 aromatic carbocycles. The molecule has 0 fully saturated rings. The summed E-state index contributed by atoms with van der Waals surface area (Å²) in [6.45, 7) is 0. The summed E-state index contributed by atoms with van der Waals surface area (Å²) in [5.41, 5.74) is -1.20. The van der Waals surface area contributed by atoms with Crippen LogP contribution in [0, 0.1) is 0 Å². The van der Waals surface area contributed by atoms with Gasteiger partial charge in [-0.25, -0.2) is 14.6 Å². The number of hydrogen-bond donors (Lipinski definition) is 1. The molecule has 1 rings (SSSR count). The van der Waals surface area contributed by atoms with Gasteiger partial charge in [-0.3, -0.25) is 0 Å². The molecule has 9 heteroatoms. The Balaban J connectivity index is 3.32. The summed E-state index contributed by atoms with van der Waals surface area (Å²) in [6.07, 6.45) is -4.86. The summed E-state index contributed by atoms with van der Waals surface area (Å²) in [5.74, 6) is -2.96. The Labute approximate surface area is 90.5 Å². The van der Waals surface area contributed by atoms with E-state index in [1.54, 1.807) is 0 Å². The molecule has 0 aliphatic rings. The third-order valence-corrected chi connectivity index (χ3v) is 2.53. The zero-order chi connectivity index (χ0) is 12.5. The normalized spacial score (nSPS) is 11.2. The highest BCUT2D eigenvalue weighted by Crippen LogP contribution is 2.36. The SMILES string of the molecule is COC(=O)c1nc(C(=O)O)c(C(F)(F)F)s1. The van der Waals surface area contributed by atoms with Gasteiger partial charge < -0.3 is 9.84 Å². The zero-order valence-electron chi connectivity index (χ0n) is 7.66. The number of ether oxygens (including phenoxy) is 1. The number of thiazole rings is 1. The van der Waals surface area contributed by atoms with Crippen molar-refractivity contribution in [2.24, 2.45) is 0 Å². The lowest BCUT2D eigenvalue weighted by atomic mass is 10.3. The van der Waals surface area contributed by atoms with Crippen molar-refractivity contribution < 1.29 is 32.6 Å². The summed E-state index contributed by atoms with van der Waals surface area (Å²) in [6, 6.07) is 0. The van der Waals surface area contributed by atoms with Crippen molar-refractivity contribution in [1.29, 1.82) is 0 Å². The molecule has 0 aliphatic heterocycles. The van der Waals surface area contributed by atoms with Crippen LogP contribution in [0.5, 0.6) is 0 Å². The molecular weight excluding hydrogens is 251 g/mol. The standard InChI is InChI=1S/C7H4F3NO4S/c1-15-6(14)4-11-2(5(12)13)3(16-4)7(8,9)10/h1H3,(H,12,13). The largest absolute Gasteiger partial charge is 0.476 e. The lowest BCUT2D eigenvalue weighted by Gasteiger charge is -2.02. The minimum atomic E-state index is -4.86. The van der Waals surface area contributed by atoms with Crippen LogP contribution < -0.4 is 0 Å². The fourth-order valence-corrected chi connectivity index (χ4v) is 1.67. The van der Waals surface area contributed by atoms with E-state index in [1.165, 1.54) is 0 Å². The van der Waals surface area contributed by atoms with Gasteiger partial charge in [-0.2, -0.15) is 13.2 Å². The van der Waals surface area contributed by atoms with E-state index in [4.69, 9.17) is 5.11 Å². The highest BCUT2D eigenvalue weighted by Gasteiger charge is 2.40. The second-order valence-electron chi connectivity index (χ2n) is 2.49. The molecule has 1 heterocycles.